The fraction of sp³-hybridized carbons (Fsp3) is 1.00. The zero-order chi connectivity index (χ0) is 9.07. The van der Waals surface area contributed by atoms with E-state index in [1.807, 2.05) is 13.8 Å². The summed E-state index contributed by atoms with van der Waals surface area (Å²) in [4.78, 5) is 0. The second-order valence-corrected chi connectivity index (χ2v) is 3.54. The van der Waals surface area contributed by atoms with Gasteiger partial charge in [0.15, 0.2) is 0 Å². The molecule has 2 fully saturated rings. The third-order valence-electron chi connectivity index (χ3n) is 2.50. The Morgan fingerprint density at radius 1 is 0.385 bits per heavy atom. The van der Waals surface area contributed by atoms with Crippen molar-refractivity contribution in [1.29, 1.82) is 0 Å². The maximum Gasteiger partial charge on any atom is 0 e. The minimum atomic E-state index is 0. The van der Waals surface area contributed by atoms with E-state index in [2.05, 4.69) is 0 Å². The molecule has 0 amide bonds. The van der Waals surface area contributed by atoms with Crippen LogP contribution in [0.2, 0.25) is 0 Å². The average molecular weight is 262 g/mol. The van der Waals surface area contributed by atoms with E-state index in [-0.39, 0.29) is 26.2 Å². The van der Waals surface area contributed by atoms with Crippen LogP contribution in [0.5, 0.6) is 0 Å². The molecule has 0 bridgehead atoms. The molecule has 0 aromatic heterocycles. The Bertz CT molecular complexity index is 38.3. The molecule has 1 heteroatoms. The summed E-state index contributed by atoms with van der Waals surface area (Å²) in [6.45, 7) is 4.00. The van der Waals surface area contributed by atoms with Gasteiger partial charge in [-0.15, -0.1) is 0 Å². The largest absolute Gasteiger partial charge is 0.0683 e. The van der Waals surface area contributed by atoms with E-state index in [1.165, 1.54) is 64.2 Å². The Morgan fingerprint density at radius 3 is 0.538 bits per heavy atom. The predicted octanol–water partition coefficient (Wildman–Crippen LogP) is 4.92. The van der Waals surface area contributed by atoms with E-state index < -0.39 is 0 Å². The third kappa shape index (κ3) is 12.9. The van der Waals surface area contributed by atoms with Crippen LogP contribution in [0, 0.1) is 0 Å². The Balaban J connectivity index is 0. The Labute approximate surface area is 104 Å². The molecule has 2 aliphatic rings. The Morgan fingerprint density at radius 2 is 0.462 bits per heavy atom. The molecule has 0 spiro atoms. The second-order valence-electron chi connectivity index (χ2n) is 3.54. The fourth-order valence-corrected chi connectivity index (χ4v) is 1.77. The summed E-state index contributed by atoms with van der Waals surface area (Å²) in [5.74, 6) is 0. The molecule has 0 unspecified atom stereocenters. The standard InChI is InChI=1S/2C5H10.C2H6.Zr/c2*1-2-4-5-3-1;1-2;/h2*1-5H2;1-2H3;. The zero-order valence-corrected chi connectivity index (χ0v) is 12.0. The first-order chi connectivity index (χ1) is 6.00. The van der Waals surface area contributed by atoms with E-state index in [0.29, 0.717) is 0 Å². The molecule has 13 heavy (non-hydrogen) atoms. The van der Waals surface area contributed by atoms with Crippen molar-refractivity contribution < 1.29 is 26.2 Å². The molecule has 0 atom stereocenters. The molecule has 0 aromatic rings. The average Bonchev–Trinajstić information content (AvgIpc) is 2.87. The first-order valence-electron chi connectivity index (χ1n) is 6.00. The van der Waals surface area contributed by atoms with Crippen LogP contribution in [-0.4, -0.2) is 0 Å². The van der Waals surface area contributed by atoms with Crippen LogP contribution in [0.4, 0.5) is 0 Å². The fourth-order valence-electron chi connectivity index (χ4n) is 1.77. The van der Waals surface area contributed by atoms with Crippen molar-refractivity contribution in [1.82, 2.24) is 0 Å². The topological polar surface area (TPSA) is 0 Å². The van der Waals surface area contributed by atoms with Crippen molar-refractivity contribution >= 4 is 0 Å². The molecule has 0 aromatic carbocycles. The van der Waals surface area contributed by atoms with Gasteiger partial charge < -0.3 is 0 Å². The van der Waals surface area contributed by atoms with Crippen LogP contribution in [-0.2, 0) is 26.2 Å². The van der Waals surface area contributed by atoms with Crippen molar-refractivity contribution in [3.05, 3.63) is 0 Å². The molecule has 0 aliphatic heterocycles. The van der Waals surface area contributed by atoms with Crippen molar-refractivity contribution in [2.45, 2.75) is 78.1 Å². The summed E-state index contributed by atoms with van der Waals surface area (Å²) in [7, 11) is 0. The Kier molecular flexibility index (Phi) is 19.3. The summed E-state index contributed by atoms with van der Waals surface area (Å²) in [5.41, 5.74) is 0. The molecule has 0 heterocycles. The minimum absolute atomic E-state index is 0. The van der Waals surface area contributed by atoms with Crippen LogP contribution in [0.25, 0.3) is 0 Å². The van der Waals surface area contributed by atoms with Gasteiger partial charge in [0.25, 0.3) is 0 Å². The van der Waals surface area contributed by atoms with Crippen molar-refractivity contribution in [2.75, 3.05) is 0 Å². The van der Waals surface area contributed by atoms with Gasteiger partial charge in [-0.2, -0.15) is 0 Å². The van der Waals surface area contributed by atoms with E-state index in [1.54, 1.807) is 0 Å². The van der Waals surface area contributed by atoms with Crippen molar-refractivity contribution in [3.63, 3.8) is 0 Å². The maximum atomic E-state index is 2.00. The molecule has 0 radical (unpaired) electrons. The molecule has 0 saturated heterocycles. The number of rotatable bonds is 0. The van der Waals surface area contributed by atoms with Gasteiger partial charge in [-0.05, 0) is 0 Å². The van der Waals surface area contributed by atoms with Gasteiger partial charge in [-0.3, -0.25) is 0 Å². The molecular weight excluding hydrogens is 235 g/mol. The monoisotopic (exact) mass is 260 g/mol. The van der Waals surface area contributed by atoms with Gasteiger partial charge in [-0.25, -0.2) is 0 Å². The van der Waals surface area contributed by atoms with Crippen LogP contribution in [0.1, 0.15) is 78.1 Å². The smallest absolute Gasteiger partial charge is 0 e. The zero-order valence-electron chi connectivity index (χ0n) is 9.57. The van der Waals surface area contributed by atoms with Gasteiger partial charge in [0.05, 0.1) is 0 Å². The maximum absolute atomic E-state index is 2.00. The minimum Gasteiger partial charge on any atom is -0.0683 e. The van der Waals surface area contributed by atoms with Crippen LogP contribution < -0.4 is 0 Å². The Hall–Kier alpha value is 0.883. The molecule has 2 rings (SSSR count). The molecular formula is C12H26Zr. The van der Waals surface area contributed by atoms with Gasteiger partial charge in [-0.1, -0.05) is 78.1 Å². The third-order valence-corrected chi connectivity index (χ3v) is 2.50. The predicted molar refractivity (Wildman–Crippen MR) is 57.5 cm³/mol. The van der Waals surface area contributed by atoms with E-state index in [0.717, 1.165) is 0 Å². The number of hydrogen-bond acceptors (Lipinski definition) is 0. The van der Waals surface area contributed by atoms with Crippen LogP contribution in [0.15, 0.2) is 0 Å². The molecule has 78 valence electrons. The normalized spacial score (nSPS) is 18.9. The SMILES string of the molecule is C1CCCC1.C1CCCC1.CC.[Zr]. The molecule has 0 N–H and O–H groups in total. The van der Waals surface area contributed by atoms with Crippen LogP contribution in [0.3, 0.4) is 0 Å². The first-order valence-corrected chi connectivity index (χ1v) is 6.00. The summed E-state index contributed by atoms with van der Waals surface area (Å²) >= 11 is 0. The van der Waals surface area contributed by atoms with Gasteiger partial charge in [0, 0.05) is 26.2 Å². The molecule has 0 nitrogen and oxygen atoms in total. The molecule has 2 saturated carbocycles. The van der Waals surface area contributed by atoms with E-state index in [4.69, 9.17) is 0 Å². The summed E-state index contributed by atoms with van der Waals surface area (Å²) in [6, 6.07) is 0. The molecule has 2 aliphatic carbocycles. The van der Waals surface area contributed by atoms with Gasteiger partial charge in [0.1, 0.15) is 0 Å². The van der Waals surface area contributed by atoms with Crippen LogP contribution >= 0.6 is 0 Å². The quantitative estimate of drug-likeness (QED) is 0.580. The summed E-state index contributed by atoms with van der Waals surface area (Å²) < 4.78 is 0. The van der Waals surface area contributed by atoms with Gasteiger partial charge >= 0.3 is 0 Å². The van der Waals surface area contributed by atoms with E-state index in [9.17, 15) is 0 Å². The van der Waals surface area contributed by atoms with Crippen molar-refractivity contribution in [3.8, 4) is 0 Å². The van der Waals surface area contributed by atoms with E-state index >= 15 is 0 Å². The van der Waals surface area contributed by atoms with Gasteiger partial charge in [0.2, 0.25) is 0 Å². The number of hydrogen-bond donors (Lipinski definition) is 0. The van der Waals surface area contributed by atoms with Crippen molar-refractivity contribution in [2.24, 2.45) is 0 Å². The second kappa shape index (κ2) is 15.4. The summed E-state index contributed by atoms with van der Waals surface area (Å²) in [6.07, 6.45) is 15.0. The first kappa shape index (κ1) is 16.3. The summed E-state index contributed by atoms with van der Waals surface area (Å²) in [5, 5.41) is 0.